The van der Waals surface area contributed by atoms with Crippen molar-refractivity contribution in [3.8, 4) is 10.8 Å². The van der Waals surface area contributed by atoms with E-state index in [1.807, 2.05) is 38.1 Å². The zero-order valence-electron chi connectivity index (χ0n) is 14.8. The maximum Gasteiger partial charge on any atom is 0.243 e. The van der Waals surface area contributed by atoms with Gasteiger partial charge in [0.2, 0.25) is 10.0 Å². The Hall–Kier alpha value is -2.55. The average molecular weight is 399 g/mol. The van der Waals surface area contributed by atoms with Gasteiger partial charge in [0, 0.05) is 22.5 Å². The maximum atomic E-state index is 12.9. The predicted octanol–water partition coefficient (Wildman–Crippen LogP) is 4.05. The molecular formula is C19H17N3O3S2. The number of furan rings is 1. The van der Waals surface area contributed by atoms with Crippen LogP contribution in [0.1, 0.15) is 16.3 Å². The molecule has 0 bridgehead atoms. The van der Waals surface area contributed by atoms with Crippen LogP contribution in [-0.2, 0) is 16.6 Å². The number of hydrogen-bond donors (Lipinski definition) is 1. The Morgan fingerprint density at radius 2 is 1.93 bits per heavy atom. The van der Waals surface area contributed by atoms with E-state index < -0.39 is 10.0 Å². The summed E-state index contributed by atoms with van der Waals surface area (Å²) in [6, 6.07) is 12.5. The lowest BCUT2D eigenvalue weighted by Crippen LogP contribution is -2.23. The molecule has 6 nitrogen and oxygen atoms in total. The molecule has 0 unspecified atom stereocenters. The van der Waals surface area contributed by atoms with Crippen molar-refractivity contribution in [3.63, 3.8) is 0 Å². The fourth-order valence-electron chi connectivity index (χ4n) is 2.77. The minimum atomic E-state index is -3.72. The SMILES string of the molecule is Cc1ccc2cccc(S(=O)(=O)NCc3sc(-c4ccco4)nc3C)c2n1. The van der Waals surface area contributed by atoms with Gasteiger partial charge in [-0.05, 0) is 38.1 Å². The van der Waals surface area contributed by atoms with Gasteiger partial charge in [-0.1, -0.05) is 18.2 Å². The summed E-state index contributed by atoms with van der Waals surface area (Å²) in [7, 11) is -3.72. The van der Waals surface area contributed by atoms with Crippen molar-refractivity contribution in [2.75, 3.05) is 0 Å². The molecule has 0 saturated carbocycles. The number of pyridine rings is 1. The summed E-state index contributed by atoms with van der Waals surface area (Å²) in [5.41, 5.74) is 2.02. The molecule has 0 amide bonds. The molecule has 0 atom stereocenters. The molecule has 1 aromatic carbocycles. The first kappa shape index (κ1) is 17.8. The molecule has 138 valence electrons. The van der Waals surface area contributed by atoms with Crippen molar-refractivity contribution >= 4 is 32.3 Å². The predicted molar refractivity (Wildman–Crippen MR) is 105 cm³/mol. The van der Waals surface area contributed by atoms with Crippen LogP contribution in [0.5, 0.6) is 0 Å². The van der Waals surface area contributed by atoms with Crippen LogP contribution in [0.2, 0.25) is 0 Å². The minimum absolute atomic E-state index is 0.161. The number of para-hydroxylation sites is 1. The van der Waals surface area contributed by atoms with Gasteiger partial charge >= 0.3 is 0 Å². The molecule has 4 rings (SSSR count). The van der Waals surface area contributed by atoms with E-state index in [1.165, 1.54) is 11.3 Å². The van der Waals surface area contributed by atoms with Gasteiger partial charge in [-0.3, -0.25) is 4.98 Å². The maximum absolute atomic E-state index is 12.9. The van der Waals surface area contributed by atoms with E-state index in [2.05, 4.69) is 14.7 Å². The number of nitrogens with one attached hydrogen (secondary N) is 1. The van der Waals surface area contributed by atoms with Crippen LogP contribution >= 0.6 is 11.3 Å². The Balaban J connectivity index is 1.63. The Bertz CT molecular complexity index is 1210. The van der Waals surface area contributed by atoms with Gasteiger partial charge < -0.3 is 4.42 Å². The summed E-state index contributed by atoms with van der Waals surface area (Å²) in [5, 5.41) is 1.52. The highest BCUT2D eigenvalue weighted by molar-refractivity contribution is 7.89. The van der Waals surface area contributed by atoms with E-state index in [0.717, 1.165) is 26.7 Å². The number of hydrogen-bond acceptors (Lipinski definition) is 6. The van der Waals surface area contributed by atoms with Crippen LogP contribution in [0.15, 0.2) is 58.0 Å². The van der Waals surface area contributed by atoms with E-state index in [0.29, 0.717) is 11.3 Å². The van der Waals surface area contributed by atoms with Gasteiger partial charge in [0.1, 0.15) is 4.90 Å². The Kier molecular flexibility index (Phi) is 4.55. The molecule has 0 radical (unpaired) electrons. The van der Waals surface area contributed by atoms with Crippen LogP contribution in [0.3, 0.4) is 0 Å². The number of benzene rings is 1. The van der Waals surface area contributed by atoms with Crippen LogP contribution in [0, 0.1) is 13.8 Å². The van der Waals surface area contributed by atoms with Gasteiger partial charge in [0.05, 0.1) is 17.5 Å². The smallest absolute Gasteiger partial charge is 0.243 e. The second kappa shape index (κ2) is 6.88. The molecule has 27 heavy (non-hydrogen) atoms. The Morgan fingerprint density at radius 1 is 1.07 bits per heavy atom. The fraction of sp³-hybridized carbons (Fsp3) is 0.158. The Labute approximate surface area is 161 Å². The summed E-state index contributed by atoms with van der Waals surface area (Å²) in [6.45, 7) is 3.86. The molecule has 1 N–H and O–H groups in total. The lowest BCUT2D eigenvalue weighted by molar-refractivity contribution is 0.581. The van der Waals surface area contributed by atoms with E-state index in [1.54, 1.807) is 24.5 Å². The highest BCUT2D eigenvalue weighted by Gasteiger charge is 2.20. The van der Waals surface area contributed by atoms with E-state index in [9.17, 15) is 8.42 Å². The first-order valence-electron chi connectivity index (χ1n) is 8.30. The number of sulfonamides is 1. The third kappa shape index (κ3) is 3.51. The first-order valence-corrected chi connectivity index (χ1v) is 10.6. The molecule has 0 spiro atoms. The summed E-state index contributed by atoms with van der Waals surface area (Å²) < 4.78 is 33.8. The molecule has 0 fully saturated rings. The number of thiazole rings is 1. The number of aryl methyl sites for hydroxylation is 2. The lowest BCUT2D eigenvalue weighted by Gasteiger charge is -2.09. The largest absolute Gasteiger partial charge is 0.462 e. The van der Waals surface area contributed by atoms with Gasteiger partial charge in [-0.2, -0.15) is 0 Å². The molecule has 4 aromatic rings. The number of fused-ring (bicyclic) bond motifs is 1. The summed E-state index contributed by atoms with van der Waals surface area (Å²) in [5.74, 6) is 0.672. The molecule has 3 aromatic heterocycles. The number of rotatable bonds is 5. The van der Waals surface area contributed by atoms with Crippen molar-refractivity contribution in [2.24, 2.45) is 0 Å². The van der Waals surface area contributed by atoms with Gasteiger partial charge in [0.25, 0.3) is 0 Å². The fourth-order valence-corrected chi connectivity index (χ4v) is 5.00. The Morgan fingerprint density at radius 3 is 2.70 bits per heavy atom. The topological polar surface area (TPSA) is 85.1 Å². The summed E-state index contributed by atoms with van der Waals surface area (Å²) in [6.07, 6.45) is 1.59. The van der Waals surface area contributed by atoms with Crippen molar-refractivity contribution in [3.05, 3.63) is 65.0 Å². The van der Waals surface area contributed by atoms with Crippen molar-refractivity contribution < 1.29 is 12.8 Å². The molecule has 0 saturated heterocycles. The van der Waals surface area contributed by atoms with E-state index >= 15 is 0 Å². The molecule has 0 aliphatic heterocycles. The number of nitrogens with zero attached hydrogens (tertiary/aromatic N) is 2. The summed E-state index contributed by atoms with van der Waals surface area (Å²) in [4.78, 5) is 9.90. The van der Waals surface area contributed by atoms with Gasteiger partial charge in [-0.25, -0.2) is 18.1 Å². The molecule has 8 heteroatoms. The number of aromatic nitrogens is 2. The standard InChI is InChI=1S/C19H17N3O3S2/c1-12-8-9-14-5-3-7-17(18(14)21-12)27(23,24)20-11-16-13(2)22-19(26-16)15-6-4-10-25-15/h3-10,20H,11H2,1-2H3. The lowest BCUT2D eigenvalue weighted by atomic mass is 10.2. The molecule has 3 heterocycles. The molecule has 0 aliphatic rings. The van der Waals surface area contributed by atoms with E-state index in [4.69, 9.17) is 4.42 Å². The van der Waals surface area contributed by atoms with Gasteiger partial charge in [0.15, 0.2) is 10.8 Å². The summed E-state index contributed by atoms with van der Waals surface area (Å²) >= 11 is 1.41. The molecule has 0 aliphatic carbocycles. The quantitative estimate of drug-likeness (QED) is 0.547. The monoisotopic (exact) mass is 399 g/mol. The zero-order valence-corrected chi connectivity index (χ0v) is 16.4. The normalized spacial score (nSPS) is 11.9. The zero-order chi connectivity index (χ0) is 19.0. The highest BCUT2D eigenvalue weighted by atomic mass is 32.2. The van der Waals surface area contributed by atoms with Crippen molar-refractivity contribution in [2.45, 2.75) is 25.3 Å². The molecular weight excluding hydrogens is 382 g/mol. The second-order valence-electron chi connectivity index (χ2n) is 6.11. The third-order valence-electron chi connectivity index (χ3n) is 4.16. The first-order chi connectivity index (χ1) is 12.9. The highest BCUT2D eigenvalue weighted by Crippen LogP contribution is 2.29. The average Bonchev–Trinajstić information content (AvgIpc) is 3.29. The minimum Gasteiger partial charge on any atom is -0.462 e. The second-order valence-corrected chi connectivity index (χ2v) is 8.93. The van der Waals surface area contributed by atoms with Crippen molar-refractivity contribution in [1.29, 1.82) is 0 Å². The van der Waals surface area contributed by atoms with Crippen LogP contribution < -0.4 is 4.72 Å². The van der Waals surface area contributed by atoms with E-state index in [-0.39, 0.29) is 11.4 Å². The third-order valence-corrected chi connectivity index (χ3v) is 6.76. The van der Waals surface area contributed by atoms with Crippen LogP contribution in [0.4, 0.5) is 0 Å². The van der Waals surface area contributed by atoms with Crippen LogP contribution in [-0.4, -0.2) is 18.4 Å². The van der Waals surface area contributed by atoms with Crippen molar-refractivity contribution in [1.82, 2.24) is 14.7 Å². The van der Waals surface area contributed by atoms with Crippen LogP contribution in [0.25, 0.3) is 21.7 Å². The van der Waals surface area contributed by atoms with Gasteiger partial charge in [-0.15, -0.1) is 11.3 Å².